The first-order chi connectivity index (χ1) is 5.89. The average molecular weight is 252 g/mol. The lowest BCUT2D eigenvalue weighted by Gasteiger charge is -2.33. The number of halogens is 1. The second kappa shape index (κ2) is 5.47. The molecule has 3 nitrogen and oxygen atoms in total. The van der Waals surface area contributed by atoms with Crippen LogP contribution < -0.4 is 0 Å². The molecule has 13 heavy (non-hydrogen) atoms. The first kappa shape index (κ1) is 12.8. The van der Waals surface area contributed by atoms with Crippen LogP contribution in [0.2, 0.25) is 0 Å². The second-order valence-corrected chi connectivity index (χ2v) is 4.79. The van der Waals surface area contributed by atoms with Crippen LogP contribution in [-0.2, 0) is 0 Å². The van der Waals surface area contributed by atoms with Gasteiger partial charge in [-0.1, -0.05) is 15.9 Å². The van der Waals surface area contributed by atoms with Gasteiger partial charge in [-0.2, -0.15) is 0 Å². The summed E-state index contributed by atoms with van der Waals surface area (Å²) in [5.41, 5.74) is -0.294. The van der Waals surface area contributed by atoms with E-state index in [0.717, 1.165) is 18.2 Å². The quantitative estimate of drug-likeness (QED) is 0.617. The number of alkyl halides is 1. The summed E-state index contributed by atoms with van der Waals surface area (Å²) < 4.78 is 0. The molecule has 0 rings (SSSR count). The van der Waals surface area contributed by atoms with Crippen molar-refractivity contribution in [1.82, 2.24) is 4.90 Å². The van der Waals surface area contributed by atoms with Gasteiger partial charge in [-0.15, -0.1) is 0 Å². The van der Waals surface area contributed by atoms with Gasteiger partial charge in [0.05, 0.1) is 0 Å². The fraction of sp³-hybridized carbons (Fsp3) is 0.889. The Morgan fingerprint density at radius 1 is 1.38 bits per heavy atom. The van der Waals surface area contributed by atoms with Crippen LogP contribution >= 0.6 is 15.9 Å². The molecule has 4 heteroatoms. The molecular formula is C9H18BrNO2. The minimum atomic E-state index is -0.831. The third-order valence-electron chi connectivity index (χ3n) is 1.81. The summed E-state index contributed by atoms with van der Waals surface area (Å²) in [6, 6.07) is 0. The summed E-state index contributed by atoms with van der Waals surface area (Å²) in [7, 11) is 0. The van der Waals surface area contributed by atoms with Crippen LogP contribution in [0.25, 0.3) is 0 Å². The third kappa shape index (κ3) is 5.13. The Labute approximate surface area is 88.2 Å². The number of unbranched alkanes of at least 4 members (excludes halogenated alkanes) is 1. The monoisotopic (exact) mass is 251 g/mol. The lowest BCUT2D eigenvalue weighted by atomic mass is 10.1. The number of nitrogens with zero attached hydrogens (tertiary/aromatic N) is 1. The number of carbonyl (C=O) groups is 1. The maximum absolute atomic E-state index is 10.9. The molecule has 0 spiro atoms. The van der Waals surface area contributed by atoms with Crippen molar-refractivity contribution in [2.75, 3.05) is 11.9 Å². The Hall–Kier alpha value is -0.250. The smallest absolute Gasteiger partial charge is 0.407 e. The van der Waals surface area contributed by atoms with E-state index in [4.69, 9.17) is 5.11 Å². The van der Waals surface area contributed by atoms with Gasteiger partial charge in [-0.3, -0.25) is 0 Å². The van der Waals surface area contributed by atoms with Crippen molar-refractivity contribution in [3.8, 4) is 0 Å². The van der Waals surface area contributed by atoms with Crippen molar-refractivity contribution < 1.29 is 9.90 Å². The normalized spacial score (nSPS) is 11.4. The predicted molar refractivity (Wildman–Crippen MR) is 57.5 cm³/mol. The van der Waals surface area contributed by atoms with Gasteiger partial charge in [0, 0.05) is 17.4 Å². The highest BCUT2D eigenvalue weighted by molar-refractivity contribution is 9.09. The number of rotatable bonds is 4. The zero-order valence-electron chi connectivity index (χ0n) is 8.51. The molecule has 0 bridgehead atoms. The molecule has 0 aliphatic heterocycles. The van der Waals surface area contributed by atoms with Crippen molar-refractivity contribution >= 4 is 22.0 Å². The number of hydrogen-bond acceptors (Lipinski definition) is 1. The summed E-state index contributed by atoms with van der Waals surface area (Å²) in [6.45, 7) is 6.35. The van der Waals surface area contributed by atoms with Gasteiger partial charge in [0.25, 0.3) is 0 Å². The first-order valence-corrected chi connectivity index (χ1v) is 5.58. The fourth-order valence-corrected chi connectivity index (χ4v) is 1.48. The average Bonchev–Trinajstić information content (AvgIpc) is 1.94. The summed E-state index contributed by atoms with van der Waals surface area (Å²) in [6.07, 6.45) is 1.09. The van der Waals surface area contributed by atoms with Gasteiger partial charge < -0.3 is 10.0 Å². The third-order valence-corrected chi connectivity index (χ3v) is 2.37. The first-order valence-electron chi connectivity index (χ1n) is 4.46. The Kier molecular flexibility index (Phi) is 5.37. The predicted octanol–water partition coefficient (Wildman–Crippen LogP) is 2.94. The Bertz CT molecular complexity index is 165. The largest absolute Gasteiger partial charge is 0.465 e. The van der Waals surface area contributed by atoms with Crippen LogP contribution in [0.15, 0.2) is 0 Å². The zero-order chi connectivity index (χ0) is 10.5. The van der Waals surface area contributed by atoms with Crippen molar-refractivity contribution in [2.24, 2.45) is 0 Å². The summed E-state index contributed by atoms with van der Waals surface area (Å²) in [5.74, 6) is 0. The lowest BCUT2D eigenvalue weighted by molar-refractivity contribution is 0.0995. The van der Waals surface area contributed by atoms with Crippen molar-refractivity contribution in [3.63, 3.8) is 0 Å². The molecular weight excluding hydrogens is 234 g/mol. The van der Waals surface area contributed by atoms with E-state index in [-0.39, 0.29) is 5.54 Å². The lowest BCUT2D eigenvalue weighted by Crippen LogP contribution is -2.45. The van der Waals surface area contributed by atoms with Crippen LogP contribution in [0, 0.1) is 0 Å². The van der Waals surface area contributed by atoms with Crippen LogP contribution in [0.4, 0.5) is 4.79 Å². The van der Waals surface area contributed by atoms with Gasteiger partial charge in [-0.25, -0.2) is 4.79 Å². The molecule has 0 fully saturated rings. The van der Waals surface area contributed by atoms with Gasteiger partial charge >= 0.3 is 6.09 Å². The van der Waals surface area contributed by atoms with E-state index in [1.165, 1.54) is 4.90 Å². The van der Waals surface area contributed by atoms with Crippen molar-refractivity contribution in [3.05, 3.63) is 0 Å². The molecule has 0 radical (unpaired) electrons. The number of carboxylic acid groups (broad SMARTS) is 1. The van der Waals surface area contributed by atoms with Crippen LogP contribution in [0.1, 0.15) is 33.6 Å². The second-order valence-electron chi connectivity index (χ2n) is 4.00. The fourth-order valence-electron chi connectivity index (χ4n) is 1.08. The van der Waals surface area contributed by atoms with E-state index in [9.17, 15) is 4.79 Å². The molecule has 78 valence electrons. The highest BCUT2D eigenvalue weighted by atomic mass is 79.9. The van der Waals surface area contributed by atoms with Gasteiger partial charge in [0.15, 0.2) is 0 Å². The van der Waals surface area contributed by atoms with E-state index >= 15 is 0 Å². The molecule has 0 saturated carbocycles. The Morgan fingerprint density at radius 3 is 2.23 bits per heavy atom. The van der Waals surface area contributed by atoms with Gasteiger partial charge in [0.1, 0.15) is 0 Å². The number of hydrogen-bond donors (Lipinski definition) is 1. The van der Waals surface area contributed by atoms with E-state index in [2.05, 4.69) is 15.9 Å². The summed E-state index contributed by atoms with van der Waals surface area (Å²) in [4.78, 5) is 12.3. The van der Waals surface area contributed by atoms with E-state index < -0.39 is 6.09 Å². The van der Waals surface area contributed by atoms with E-state index in [0.29, 0.717) is 6.54 Å². The van der Waals surface area contributed by atoms with Crippen LogP contribution in [-0.4, -0.2) is 33.5 Å². The van der Waals surface area contributed by atoms with Gasteiger partial charge in [-0.05, 0) is 33.6 Å². The topological polar surface area (TPSA) is 40.5 Å². The molecule has 0 aromatic carbocycles. The van der Waals surface area contributed by atoms with Crippen LogP contribution in [0.5, 0.6) is 0 Å². The molecule has 0 heterocycles. The molecule has 1 N–H and O–H groups in total. The maximum Gasteiger partial charge on any atom is 0.407 e. The molecule has 0 aromatic heterocycles. The zero-order valence-corrected chi connectivity index (χ0v) is 10.1. The SMILES string of the molecule is CC(C)(C)N(CCCCBr)C(=O)O. The Balaban J connectivity index is 4.04. The van der Waals surface area contributed by atoms with Crippen molar-refractivity contribution in [1.29, 1.82) is 0 Å². The van der Waals surface area contributed by atoms with Crippen molar-refractivity contribution in [2.45, 2.75) is 39.2 Å². The molecule has 0 aliphatic carbocycles. The standard InChI is InChI=1S/C9H18BrNO2/c1-9(2,3)11(8(12)13)7-5-4-6-10/h4-7H2,1-3H3,(H,12,13). The van der Waals surface area contributed by atoms with E-state index in [1.54, 1.807) is 0 Å². The number of amides is 1. The molecule has 1 amide bonds. The molecule has 0 saturated heterocycles. The van der Waals surface area contributed by atoms with E-state index in [1.807, 2.05) is 20.8 Å². The summed E-state index contributed by atoms with van der Waals surface area (Å²) in [5, 5.41) is 9.86. The maximum atomic E-state index is 10.9. The molecule has 0 aliphatic rings. The highest BCUT2D eigenvalue weighted by Gasteiger charge is 2.24. The highest BCUT2D eigenvalue weighted by Crippen LogP contribution is 2.14. The molecule has 0 atom stereocenters. The van der Waals surface area contributed by atoms with Gasteiger partial charge in [0.2, 0.25) is 0 Å². The molecule has 0 unspecified atom stereocenters. The minimum absolute atomic E-state index is 0.294. The molecule has 0 aromatic rings. The minimum Gasteiger partial charge on any atom is -0.465 e. The Morgan fingerprint density at radius 2 is 1.92 bits per heavy atom. The van der Waals surface area contributed by atoms with Crippen LogP contribution in [0.3, 0.4) is 0 Å². The summed E-state index contributed by atoms with van der Waals surface area (Å²) >= 11 is 3.32.